The molecule has 1 heterocycles. The molecule has 0 aliphatic carbocycles. The molecule has 0 bridgehead atoms. The fourth-order valence-corrected chi connectivity index (χ4v) is 1.50. The molecule has 0 aliphatic rings. The molecule has 0 unspecified atom stereocenters. The largest absolute Gasteiger partial charge is 0.333 e. The van der Waals surface area contributed by atoms with Crippen LogP contribution in [0, 0.1) is 5.82 Å². The third kappa shape index (κ3) is 1.50. The van der Waals surface area contributed by atoms with Crippen molar-refractivity contribution in [1.82, 2.24) is 9.78 Å². The zero-order valence-corrected chi connectivity index (χ0v) is 8.30. The summed E-state index contributed by atoms with van der Waals surface area (Å²) >= 11 is 2.96. The summed E-state index contributed by atoms with van der Waals surface area (Å²) in [5.41, 5.74) is 0.214. The number of fused-ring (bicyclic) bond motifs is 1. The predicted molar refractivity (Wildman–Crippen MR) is 48.6 cm³/mol. The van der Waals surface area contributed by atoms with Crippen molar-refractivity contribution in [3.8, 4) is 0 Å². The molecule has 2 aromatic rings. The maximum Gasteiger partial charge on any atom is 0.333 e. The first-order valence-corrected chi connectivity index (χ1v) is 4.49. The van der Waals surface area contributed by atoms with Crippen LogP contribution in [0.3, 0.4) is 0 Å². The summed E-state index contributed by atoms with van der Waals surface area (Å²) in [6, 6.07) is 2.52. The van der Waals surface area contributed by atoms with Gasteiger partial charge in [0.15, 0.2) is 0 Å². The van der Waals surface area contributed by atoms with Crippen LogP contribution >= 0.6 is 15.9 Å². The van der Waals surface area contributed by atoms with Crippen LogP contribution in [0.1, 0.15) is 6.55 Å². The van der Waals surface area contributed by atoms with Gasteiger partial charge in [-0.15, -0.1) is 0 Å². The SMILES string of the molecule is Fc1cc2nn(C(F)F)cc2cc1Br. The zero-order valence-electron chi connectivity index (χ0n) is 6.72. The van der Waals surface area contributed by atoms with Crippen LogP contribution in [-0.2, 0) is 0 Å². The summed E-state index contributed by atoms with van der Waals surface area (Å²) < 4.78 is 38.1. The van der Waals surface area contributed by atoms with E-state index in [1.165, 1.54) is 12.3 Å². The molecule has 0 N–H and O–H groups in total. The smallest absolute Gasteiger partial charge is 0.210 e. The van der Waals surface area contributed by atoms with Gasteiger partial charge in [-0.25, -0.2) is 9.07 Å². The summed E-state index contributed by atoms with van der Waals surface area (Å²) in [4.78, 5) is 0. The number of aromatic nitrogens is 2. The Kier molecular flexibility index (Phi) is 2.22. The number of rotatable bonds is 1. The summed E-state index contributed by atoms with van der Waals surface area (Å²) in [7, 11) is 0. The third-order valence-corrected chi connectivity index (χ3v) is 2.37. The van der Waals surface area contributed by atoms with Gasteiger partial charge in [0.25, 0.3) is 0 Å². The van der Waals surface area contributed by atoms with Gasteiger partial charge in [-0.1, -0.05) is 0 Å². The highest BCUT2D eigenvalue weighted by Gasteiger charge is 2.10. The minimum atomic E-state index is -2.70. The molecular weight excluding hydrogens is 261 g/mol. The maximum absolute atomic E-state index is 13.0. The van der Waals surface area contributed by atoms with E-state index in [1.807, 2.05) is 0 Å². The van der Waals surface area contributed by atoms with E-state index in [1.54, 1.807) is 0 Å². The molecule has 0 amide bonds. The fourth-order valence-electron chi connectivity index (χ4n) is 1.14. The van der Waals surface area contributed by atoms with E-state index in [-0.39, 0.29) is 9.99 Å². The molecule has 0 saturated carbocycles. The van der Waals surface area contributed by atoms with Gasteiger partial charge < -0.3 is 0 Å². The Morgan fingerprint density at radius 1 is 1.36 bits per heavy atom. The van der Waals surface area contributed by atoms with Crippen LogP contribution < -0.4 is 0 Å². The number of nitrogens with zero attached hydrogens (tertiary/aromatic N) is 2. The third-order valence-electron chi connectivity index (χ3n) is 1.76. The van der Waals surface area contributed by atoms with E-state index in [2.05, 4.69) is 21.0 Å². The minimum absolute atomic E-state index is 0.214. The molecule has 0 atom stereocenters. The first-order chi connectivity index (χ1) is 6.58. The topological polar surface area (TPSA) is 17.8 Å². The number of hydrogen-bond acceptors (Lipinski definition) is 1. The lowest BCUT2D eigenvalue weighted by molar-refractivity contribution is 0.0573. The van der Waals surface area contributed by atoms with Crippen LogP contribution in [0.25, 0.3) is 10.9 Å². The van der Waals surface area contributed by atoms with Gasteiger partial charge in [0.2, 0.25) is 0 Å². The Labute approximate surface area is 85.4 Å². The molecule has 0 saturated heterocycles. The summed E-state index contributed by atoms with van der Waals surface area (Å²) in [5.74, 6) is -0.517. The lowest BCUT2D eigenvalue weighted by Crippen LogP contribution is -1.96. The van der Waals surface area contributed by atoms with E-state index >= 15 is 0 Å². The monoisotopic (exact) mass is 264 g/mol. The van der Waals surface area contributed by atoms with Gasteiger partial charge >= 0.3 is 6.55 Å². The van der Waals surface area contributed by atoms with E-state index in [0.29, 0.717) is 10.1 Å². The van der Waals surface area contributed by atoms with Crippen molar-refractivity contribution < 1.29 is 13.2 Å². The summed E-state index contributed by atoms with van der Waals surface area (Å²) in [6.45, 7) is -2.70. The molecule has 74 valence electrons. The molecule has 0 fully saturated rings. The van der Waals surface area contributed by atoms with Crippen molar-refractivity contribution in [3.63, 3.8) is 0 Å². The molecule has 2 rings (SSSR count). The molecule has 0 aliphatic heterocycles. The number of hydrogen-bond donors (Lipinski definition) is 0. The molecule has 6 heteroatoms. The Hall–Kier alpha value is -1.04. The van der Waals surface area contributed by atoms with Crippen molar-refractivity contribution in [2.75, 3.05) is 0 Å². The van der Waals surface area contributed by atoms with Crippen molar-refractivity contribution >= 4 is 26.8 Å². The summed E-state index contributed by atoms with van der Waals surface area (Å²) in [5, 5.41) is 3.99. The highest BCUT2D eigenvalue weighted by Crippen LogP contribution is 2.23. The van der Waals surface area contributed by atoms with Crippen LogP contribution in [0.4, 0.5) is 13.2 Å². The predicted octanol–water partition coefficient (Wildman–Crippen LogP) is 3.33. The lowest BCUT2D eigenvalue weighted by Gasteiger charge is -1.94. The maximum atomic E-state index is 13.0. The van der Waals surface area contributed by atoms with Crippen LogP contribution in [0.15, 0.2) is 22.8 Å². The van der Waals surface area contributed by atoms with E-state index < -0.39 is 12.4 Å². The van der Waals surface area contributed by atoms with Crippen molar-refractivity contribution in [2.24, 2.45) is 0 Å². The number of benzene rings is 1. The quantitative estimate of drug-likeness (QED) is 0.773. The highest BCUT2D eigenvalue weighted by atomic mass is 79.9. The second-order valence-electron chi connectivity index (χ2n) is 2.71. The Balaban J connectivity index is 2.66. The van der Waals surface area contributed by atoms with Crippen LogP contribution in [0.2, 0.25) is 0 Å². The van der Waals surface area contributed by atoms with Crippen molar-refractivity contribution in [1.29, 1.82) is 0 Å². The average Bonchev–Trinajstić information content (AvgIpc) is 2.48. The molecule has 0 radical (unpaired) electrons. The van der Waals surface area contributed by atoms with E-state index in [9.17, 15) is 13.2 Å². The number of alkyl halides is 2. The van der Waals surface area contributed by atoms with Gasteiger partial charge in [-0.3, -0.25) is 0 Å². The van der Waals surface area contributed by atoms with Crippen LogP contribution in [0.5, 0.6) is 0 Å². The lowest BCUT2D eigenvalue weighted by atomic mass is 10.2. The van der Waals surface area contributed by atoms with E-state index in [4.69, 9.17) is 0 Å². The molecule has 1 aromatic carbocycles. The molecule has 2 nitrogen and oxygen atoms in total. The van der Waals surface area contributed by atoms with Crippen LogP contribution in [-0.4, -0.2) is 9.78 Å². The minimum Gasteiger partial charge on any atom is -0.210 e. The normalized spacial score (nSPS) is 11.5. The van der Waals surface area contributed by atoms with Gasteiger partial charge in [-0.05, 0) is 22.0 Å². The molecular formula is C8H4BrF3N2. The van der Waals surface area contributed by atoms with Gasteiger partial charge in [0.05, 0.1) is 9.99 Å². The first-order valence-electron chi connectivity index (χ1n) is 3.70. The van der Waals surface area contributed by atoms with Gasteiger partial charge in [0, 0.05) is 17.6 Å². The summed E-state index contributed by atoms with van der Waals surface area (Å²) in [6.07, 6.45) is 1.17. The Morgan fingerprint density at radius 2 is 2.07 bits per heavy atom. The highest BCUT2D eigenvalue weighted by molar-refractivity contribution is 9.10. The second-order valence-corrected chi connectivity index (χ2v) is 3.57. The van der Waals surface area contributed by atoms with E-state index in [0.717, 1.165) is 6.07 Å². The second kappa shape index (κ2) is 3.27. The average molecular weight is 265 g/mol. The Morgan fingerprint density at radius 3 is 2.71 bits per heavy atom. The zero-order chi connectivity index (χ0) is 10.3. The number of halogens is 4. The van der Waals surface area contributed by atoms with Crippen molar-refractivity contribution in [3.05, 3.63) is 28.6 Å². The Bertz CT molecular complexity index is 442. The molecule has 0 spiro atoms. The molecule has 1 aromatic heterocycles. The van der Waals surface area contributed by atoms with Crippen molar-refractivity contribution in [2.45, 2.75) is 6.55 Å². The van der Waals surface area contributed by atoms with Gasteiger partial charge in [0.1, 0.15) is 5.82 Å². The standard InChI is InChI=1S/C8H4BrF3N2/c9-5-1-4-3-14(8(11)12)13-7(4)2-6(5)10/h1-3,8H. The first kappa shape index (κ1) is 9.51. The van der Waals surface area contributed by atoms with Gasteiger partial charge in [-0.2, -0.15) is 13.9 Å². The molecule has 14 heavy (non-hydrogen) atoms. The fraction of sp³-hybridized carbons (Fsp3) is 0.125.